The molecule has 3 heteroatoms. The number of nitrogens with zero attached hydrogens (tertiary/aromatic N) is 1. The summed E-state index contributed by atoms with van der Waals surface area (Å²) < 4.78 is 0. The minimum Gasteiger partial charge on any atom is -0.506 e. The lowest BCUT2D eigenvalue weighted by atomic mass is 9.99. The quantitative estimate of drug-likeness (QED) is 0.853. The first-order valence-corrected chi connectivity index (χ1v) is 6.21. The van der Waals surface area contributed by atoms with Crippen LogP contribution in [-0.2, 0) is 11.2 Å². The third kappa shape index (κ3) is 2.43. The Morgan fingerprint density at radius 2 is 2.24 bits per heavy atom. The zero-order chi connectivity index (χ0) is 12.4. The van der Waals surface area contributed by atoms with E-state index in [9.17, 15) is 9.90 Å². The van der Waals surface area contributed by atoms with E-state index in [2.05, 4.69) is 0 Å². The fourth-order valence-corrected chi connectivity index (χ4v) is 2.34. The second-order valence-electron chi connectivity index (χ2n) is 5.03. The summed E-state index contributed by atoms with van der Waals surface area (Å²) in [6.07, 6.45) is 2.45. The Kier molecular flexibility index (Phi) is 3.36. The van der Waals surface area contributed by atoms with Crippen molar-refractivity contribution in [2.75, 3.05) is 11.4 Å². The highest BCUT2D eigenvalue weighted by molar-refractivity contribution is 5.96. The van der Waals surface area contributed by atoms with E-state index in [1.54, 1.807) is 11.0 Å². The highest BCUT2D eigenvalue weighted by Gasteiger charge is 2.25. The number of carbonyl (C=O) groups is 1. The van der Waals surface area contributed by atoms with Gasteiger partial charge in [0.05, 0.1) is 5.69 Å². The van der Waals surface area contributed by atoms with Gasteiger partial charge < -0.3 is 10.0 Å². The summed E-state index contributed by atoms with van der Waals surface area (Å²) in [6, 6.07) is 5.48. The molecular formula is C14H19NO2. The molecule has 3 nitrogen and oxygen atoms in total. The number of phenols is 1. The van der Waals surface area contributed by atoms with Crippen molar-refractivity contribution in [2.45, 2.75) is 33.1 Å². The molecule has 1 aliphatic rings. The number of benzene rings is 1. The van der Waals surface area contributed by atoms with E-state index in [0.717, 1.165) is 30.6 Å². The number of fused-ring (bicyclic) bond motifs is 1. The Labute approximate surface area is 102 Å². The zero-order valence-corrected chi connectivity index (χ0v) is 10.4. The topological polar surface area (TPSA) is 40.5 Å². The second-order valence-corrected chi connectivity index (χ2v) is 5.03. The maximum Gasteiger partial charge on any atom is 0.227 e. The number of amides is 1. The van der Waals surface area contributed by atoms with E-state index in [-0.39, 0.29) is 11.7 Å². The molecule has 0 unspecified atom stereocenters. The maximum absolute atomic E-state index is 12.1. The Balaban J connectivity index is 2.31. The van der Waals surface area contributed by atoms with Gasteiger partial charge in [-0.25, -0.2) is 0 Å². The molecule has 0 saturated heterocycles. The zero-order valence-electron chi connectivity index (χ0n) is 10.4. The molecule has 1 aromatic rings. The van der Waals surface area contributed by atoms with Gasteiger partial charge in [0, 0.05) is 13.0 Å². The fraction of sp³-hybridized carbons (Fsp3) is 0.500. The number of phenolic OH excluding ortho intramolecular Hbond substituents is 1. The number of para-hydroxylation sites is 1. The molecule has 17 heavy (non-hydrogen) atoms. The van der Waals surface area contributed by atoms with Gasteiger partial charge in [0.2, 0.25) is 5.91 Å². The lowest BCUT2D eigenvalue weighted by Gasteiger charge is -2.30. The monoisotopic (exact) mass is 233 g/mol. The summed E-state index contributed by atoms with van der Waals surface area (Å²) in [6.45, 7) is 4.79. The third-order valence-electron chi connectivity index (χ3n) is 3.08. The van der Waals surface area contributed by atoms with Gasteiger partial charge in [-0.3, -0.25) is 4.79 Å². The van der Waals surface area contributed by atoms with E-state index >= 15 is 0 Å². The molecule has 0 aromatic heterocycles. The van der Waals surface area contributed by atoms with Crippen molar-refractivity contribution in [2.24, 2.45) is 5.92 Å². The molecule has 0 fully saturated rings. The molecule has 0 radical (unpaired) electrons. The molecule has 0 saturated carbocycles. The first kappa shape index (κ1) is 12.0. The van der Waals surface area contributed by atoms with Crippen molar-refractivity contribution in [3.63, 3.8) is 0 Å². The van der Waals surface area contributed by atoms with Crippen LogP contribution >= 0.6 is 0 Å². The number of hydrogen-bond donors (Lipinski definition) is 1. The molecule has 0 aliphatic carbocycles. The highest BCUT2D eigenvalue weighted by atomic mass is 16.3. The van der Waals surface area contributed by atoms with Gasteiger partial charge in [-0.2, -0.15) is 0 Å². The number of anilines is 1. The van der Waals surface area contributed by atoms with Crippen LogP contribution in [-0.4, -0.2) is 17.6 Å². The minimum atomic E-state index is 0.113. The van der Waals surface area contributed by atoms with Crippen LogP contribution in [0.1, 0.15) is 32.3 Å². The van der Waals surface area contributed by atoms with Gasteiger partial charge in [-0.15, -0.1) is 0 Å². The number of aryl methyl sites for hydroxylation is 1. The third-order valence-corrected chi connectivity index (χ3v) is 3.08. The van der Waals surface area contributed by atoms with Crippen LogP contribution in [0.2, 0.25) is 0 Å². The van der Waals surface area contributed by atoms with Crippen molar-refractivity contribution in [3.8, 4) is 5.75 Å². The van der Waals surface area contributed by atoms with Gasteiger partial charge in [-0.1, -0.05) is 26.0 Å². The standard InChI is InChI=1S/C14H19NO2/c1-10(2)9-13(17)15-8-4-6-11-5-3-7-12(16)14(11)15/h3,5,7,10,16H,4,6,8-9H2,1-2H3. The Hall–Kier alpha value is -1.51. The van der Waals surface area contributed by atoms with Crippen molar-refractivity contribution < 1.29 is 9.90 Å². The van der Waals surface area contributed by atoms with E-state index in [1.807, 2.05) is 26.0 Å². The average molecular weight is 233 g/mol. The number of hydrogen-bond acceptors (Lipinski definition) is 2. The van der Waals surface area contributed by atoms with Gasteiger partial charge in [-0.05, 0) is 30.4 Å². The predicted molar refractivity (Wildman–Crippen MR) is 68.2 cm³/mol. The van der Waals surface area contributed by atoms with E-state index < -0.39 is 0 Å². The van der Waals surface area contributed by atoms with Crippen molar-refractivity contribution in [1.29, 1.82) is 0 Å². The van der Waals surface area contributed by atoms with Gasteiger partial charge in [0.25, 0.3) is 0 Å². The van der Waals surface area contributed by atoms with Crippen LogP contribution < -0.4 is 4.90 Å². The summed E-state index contributed by atoms with van der Waals surface area (Å²) in [4.78, 5) is 13.9. The first-order valence-electron chi connectivity index (χ1n) is 6.21. The first-order chi connectivity index (χ1) is 8.09. The lowest BCUT2D eigenvalue weighted by molar-refractivity contribution is -0.119. The van der Waals surface area contributed by atoms with Crippen molar-refractivity contribution in [1.82, 2.24) is 0 Å². The van der Waals surface area contributed by atoms with Gasteiger partial charge in [0.15, 0.2) is 0 Å². The average Bonchev–Trinajstić information content (AvgIpc) is 2.28. The number of rotatable bonds is 2. The van der Waals surface area contributed by atoms with Crippen LogP contribution in [0.25, 0.3) is 0 Å². The normalized spacial score (nSPS) is 14.9. The summed E-state index contributed by atoms with van der Waals surface area (Å²) in [5.41, 5.74) is 1.80. The highest BCUT2D eigenvalue weighted by Crippen LogP contribution is 2.35. The van der Waals surface area contributed by atoms with Crippen LogP contribution in [0.3, 0.4) is 0 Å². The van der Waals surface area contributed by atoms with Gasteiger partial charge in [0.1, 0.15) is 5.75 Å². The van der Waals surface area contributed by atoms with Crippen molar-refractivity contribution in [3.05, 3.63) is 23.8 Å². The molecule has 1 aromatic carbocycles. The summed E-state index contributed by atoms with van der Waals surface area (Å²) in [5, 5.41) is 9.92. The molecule has 2 rings (SSSR count). The molecular weight excluding hydrogens is 214 g/mol. The number of carbonyl (C=O) groups excluding carboxylic acids is 1. The molecule has 1 amide bonds. The van der Waals surface area contributed by atoms with Crippen LogP contribution in [0.4, 0.5) is 5.69 Å². The predicted octanol–water partition coefficient (Wildman–Crippen LogP) is 2.72. The lowest BCUT2D eigenvalue weighted by Crippen LogP contribution is -2.36. The van der Waals surface area contributed by atoms with Crippen LogP contribution in [0, 0.1) is 5.92 Å². The Morgan fingerprint density at radius 3 is 2.94 bits per heavy atom. The van der Waals surface area contributed by atoms with E-state index in [4.69, 9.17) is 0 Å². The molecule has 0 bridgehead atoms. The second kappa shape index (κ2) is 4.78. The Bertz CT molecular complexity index is 426. The van der Waals surface area contributed by atoms with E-state index in [0.29, 0.717) is 12.3 Å². The molecule has 1 aliphatic heterocycles. The van der Waals surface area contributed by atoms with Gasteiger partial charge >= 0.3 is 0 Å². The minimum absolute atomic E-state index is 0.113. The Morgan fingerprint density at radius 1 is 1.47 bits per heavy atom. The largest absolute Gasteiger partial charge is 0.506 e. The fourth-order valence-electron chi connectivity index (χ4n) is 2.34. The molecule has 1 heterocycles. The molecule has 0 atom stereocenters. The smallest absolute Gasteiger partial charge is 0.227 e. The molecule has 1 N–H and O–H groups in total. The number of aromatic hydroxyl groups is 1. The van der Waals surface area contributed by atoms with Crippen molar-refractivity contribution >= 4 is 11.6 Å². The molecule has 0 spiro atoms. The van der Waals surface area contributed by atoms with E-state index in [1.165, 1.54) is 0 Å². The van der Waals surface area contributed by atoms with Crippen LogP contribution in [0.5, 0.6) is 5.75 Å². The SMILES string of the molecule is CC(C)CC(=O)N1CCCc2cccc(O)c21. The molecule has 92 valence electrons. The van der Waals surface area contributed by atoms with Crippen LogP contribution in [0.15, 0.2) is 18.2 Å². The summed E-state index contributed by atoms with van der Waals surface area (Å²) in [5.74, 6) is 0.681. The summed E-state index contributed by atoms with van der Waals surface area (Å²) >= 11 is 0. The maximum atomic E-state index is 12.1. The summed E-state index contributed by atoms with van der Waals surface area (Å²) in [7, 11) is 0.